The number of hydrogen-bond donors (Lipinski definition) is 2. The Hall–Kier alpha value is -1.30. The highest BCUT2D eigenvalue weighted by Crippen LogP contribution is 2.29. The van der Waals surface area contributed by atoms with Crippen LogP contribution in [0.3, 0.4) is 0 Å². The number of carboxylic acids is 1. The summed E-state index contributed by atoms with van der Waals surface area (Å²) in [6.45, 7) is 4.84. The third-order valence-electron chi connectivity index (χ3n) is 3.29. The van der Waals surface area contributed by atoms with Crippen molar-refractivity contribution in [1.29, 1.82) is 0 Å². The van der Waals surface area contributed by atoms with Gasteiger partial charge < -0.3 is 20.1 Å². The van der Waals surface area contributed by atoms with Crippen molar-refractivity contribution in [2.75, 3.05) is 26.8 Å². The van der Waals surface area contributed by atoms with Crippen LogP contribution in [-0.4, -0.2) is 54.9 Å². The summed E-state index contributed by atoms with van der Waals surface area (Å²) in [6, 6.07) is -0.299. The molecule has 2 amide bonds. The monoisotopic (exact) mass is 258 g/mol. The third kappa shape index (κ3) is 3.60. The van der Waals surface area contributed by atoms with Crippen LogP contribution in [0.25, 0.3) is 0 Å². The number of rotatable bonds is 4. The maximum Gasteiger partial charge on any atom is 0.317 e. The number of methoxy groups -OCH3 is 1. The van der Waals surface area contributed by atoms with Gasteiger partial charge in [-0.25, -0.2) is 4.79 Å². The van der Waals surface area contributed by atoms with Gasteiger partial charge in [-0.05, 0) is 26.7 Å². The molecule has 6 heteroatoms. The Bertz CT molecular complexity index is 321. The lowest BCUT2D eigenvalue weighted by Crippen LogP contribution is -2.53. The van der Waals surface area contributed by atoms with Crippen molar-refractivity contribution < 1.29 is 19.4 Å². The Morgan fingerprint density at radius 3 is 2.78 bits per heavy atom. The molecule has 0 aromatic carbocycles. The quantitative estimate of drug-likeness (QED) is 0.786. The molecule has 0 aliphatic carbocycles. The molecular weight excluding hydrogens is 236 g/mol. The number of likely N-dealkylation sites (tertiary alicyclic amines) is 1. The number of piperidine rings is 1. The van der Waals surface area contributed by atoms with Crippen LogP contribution in [0.5, 0.6) is 0 Å². The van der Waals surface area contributed by atoms with E-state index in [9.17, 15) is 14.7 Å². The summed E-state index contributed by atoms with van der Waals surface area (Å²) in [5.41, 5.74) is -0.833. The van der Waals surface area contributed by atoms with Crippen LogP contribution < -0.4 is 5.32 Å². The van der Waals surface area contributed by atoms with Gasteiger partial charge in [0.2, 0.25) is 0 Å². The summed E-state index contributed by atoms with van der Waals surface area (Å²) in [7, 11) is 1.57. The number of nitrogens with one attached hydrogen (secondary N) is 1. The van der Waals surface area contributed by atoms with Crippen LogP contribution >= 0.6 is 0 Å². The lowest BCUT2D eigenvalue weighted by molar-refractivity contribution is -0.150. The second-order valence-corrected chi connectivity index (χ2v) is 5.20. The van der Waals surface area contributed by atoms with Gasteiger partial charge in [0.15, 0.2) is 0 Å². The van der Waals surface area contributed by atoms with Gasteiger partial charge in [0.25, 0.3) is 0 Å². The number of nitrogens with zero attached hydrogens (tertiary/aromatic N) is 1. The normalized spacial score (nSPS) is 25.6. The maximum absolute atomic E-state index is 12.0. The largest absolute Gasteiger partial charge is 0.481 e. The van der Waals surface area contributed by atoms with E-state index in [0.717, 1.165) is 6.42 Å². The minimum absolute atomic E-state index is 0.0829. The summed E-state index contributed by atoms with van der Waals surface area (Å²) in [5.74, 6) is -0.843. The maximum atomic E-state index is 12.0. The lowest BCUT2D eigenvalue weighted by Gasteiger charge is -2.37. The minimum atomic E-state index is -0.843. The molecule has 0 spiro atoms. The summed E-state index contributed by atoms with van der Waals surface area (Å²) < 4.78 is 4.94. The molecule has 18 heavy (non-hydrogen) atoms. The zero-order chi connectivity index (χ0) is 13.8. The molecule has 2 N–H and O–H groups in total. The van der Waals surface area contributed by atoms with Crippen molar-refractivity contribution in [3.63, 3.8) is 0 Å². The van der Waals surface area contributed by atoms with Crippen LogP contribution in [0.1, 0.15) is 26.7 Å². The van der Waals surface area contributed by atoms with Gasteiger partial charge in [-0.15, -0.1) is 0 Å². The van der Waals surface area contributed by atoms with E-state index in [1.54, 1.807) is 18.9 Å². The molecule has 0 aromatic heterocycles. The molecule has 0 bridgehead atoms. The Morgan fingerprint density at radius 2 is 2.22 bits per heavy atom. The molecule has 2 unspecified atom stereocenters. The van der Waals surface area contributed by atoms with Gasteiger partial charge in [0.1, 0.15) is 0 Å². The number of aliphatic carboxylic acids is 1. The molecule has 1 saturated heterocycles. The molecule has 1 fully saturated rings. The minimum Gasteiger partial charge on any atom is -0.481 e. The Labute approximate surface area is 107 Å². The zero-order valence-corrected chi connectivity index (χ0v) is 11.2. The number of ether oxygens (including phenoxy) is 1. The smallest absolute Gasteiger partial charge is 0.317 e. The fourth-order valence-electron chi connectivity index (χ4n) is 2.18. The van der Waals surface area contributed by atoms with Crippen molar-refractivity contribution in [2.45, 2.75) is 32.7 Å². The van der Waals surface area contributed by atoms with Crippen LogP contribution in [0.2, 0.25) is 0 Å². The van der Waals surface area contributed by atoms with E-state index in [1.165, 1.54) is 0 Å². The standard InChI is InChI=1S/C12H22N2O4/c1-9(7-18-3)13-11(17)14-6-4-5-12(2,8-14)10(15)16/h9H,4-8H2,1-3H3,(H,13,17)(H,15,16). The van der Waals surface area contributed by atoms with Crippen molar-refractivity contribution >= 4 is 12.0 Å². The van der Waals surface area contributed by atoms with E-state index in [2.05, 4.69) is 5.32 Å². The Balaban J connectivity index is 2.56. The van der Waals surface area contributed by atoms with Crippen molar-refractivity contribution in [3.8, 4) is 0 Å². The first-order valence-electron chi connectivity index (χ1n) is 6.17. The van der Waals surface area contributed by atoms with Crippen molar-refractivity contribution in [1.82, 2.24) is 10.2 Å². The van der Waals surface area contributed by atoms with E-state index in [1.807, 2.05) is 6.92 Å². The number of carbonyl (C=O) groups excluding carboxylic acids is 1. The zero-order valence-electron chi connectivity index (χ0n) is 11.2. The first-order chi connectivity index (χ1) is 8.39. The molecular formula is C12H22N2O4. The first-order valence-corrected chi connectivity index (χ1v) is 6.17. The second-order valence-electron chi connectivity index (χ2n) is 5.20. The summed E-state index contributed by atoms with van der Waals surface area (Å²) in [5, 5.41) is 12.0. The van der Waals surface area contributed by atoms with E-state index in [4.69, 9.17) is 4.74 Å². The molecule has 0 aromatic rings. The highest BCUT2D eigenvalue weighted by atomic mass is 16.5. The van der Waals surface area contributed by atoms with Crippen LogP contribution in [0.15, 0.2) is 0 Å². The number of hydrogen-bond acceptors (Lipinski definition) is 3. The summed E-state index contributed by atoms with van der Waals surface area (Å²) in [6.07, 6.45) is 1.33. The summed E-state index contributed by atoms with van der Waals surface area (Å²) in [4.78, 5) is 24.7. The van der Waals surface area contributed by atoms with Gasteiger partial charge >= 0.3 is 12.0 Å². The van der Waals surface area contributed by atoms with Crippen molar-refractivity contribution in [3.05, 3.63) is 0 Å². The predicted octanol–water partition coefficient (Wildman–Crippen LogP) is 0.918. The molecule has 104 valence electrons. The average molecular weight is 258 g/mol. The molecule has 2 atom stereocenters. The third-order valence-corrected chi connectivity index (χ3v) is 3.29. The van der Waals surface area contributed by atoms with E-state index >= 15 is 0 Å². The Kier molecular flexibility index (Phi) is 4.95. The van der Waals surface area contributed by atoms with Crippen LogP contribution in [0.4, 0.5) is 4.79 Å². The van der Waals surface area contributed by atoms with Crippen molar-refractivity contribution in [2.24, 2.45) is 5.41 Å². The SMILES string of the molecule is COCC(C)NC(=O)N1CCCC(C)(C(=O)O)C1. The number of carbonyl (C=O) groups is 2. The molecule has 6 nitrogen and oxygen atoms in total. The van der Waals surface area contributed by atoms with Gasteiger partial charge in [-0.2, -0.15) is 0 Å². The summed E-state index contributed by atoms with van der Waals surface area (Å²) >= 11 is 0. The second kappa shape index (κ2) is 6.04. The van der Waals surface area contributed by atoms with Crippen LogP contribution in [-0.2, 0) is 9.53 Å². The molecule has 0 radical (unpaired) electrons. The predicted molar refractivity (Wildman–Crippen MR) is 66.4 cm³/mol. The number of urea groups is 1. The first kappa shape index (κ1) is 14.8. The highest BCUT2D eigenvalue weighted by Gasteiger charge is 2.39. The molecule has 0 saturated carbocycles. The number of amides is 2. The Morgan fingerprint density at radius 1 is 1.56 bits per heavy atom. The molecule has 1 aliphatic rings. The fraction of sp³-hybridized carbons (Fsp3) is 0.833. The van der Waals surface area contributed by atoms with E-state index in [0.29, 0.717) is 19.6 Å². The van der Waals surface area contributed by atoms with Gasteiger partial charge in [0, 0.05) is 20.2 Å². The fourth-order valence-corrected chi connectivity index (χ4v) is 2.18. The van der Waals surface area contributed by atoms with Gasteiger partial charge in [-0.1, -0.05) is 0 Å². The van der Waals surface area contributed by atoms with Gasteiger partial charge in [0.05, 0.1) is 18.1 Å². The van der Waals surface area contributed by atoms with Gasteiger partial charge in [-0.3, -0.25) is 4.79 Å². The van der Waals surface area contributed by atoms with E-state index in [-0.39, 0.29) is 18.6 Å². The molecule has 1 heterocycles. The topological polar surface area (TPSA) is 78.9 Å². The molecule has 1 rings (SSSR count). The average Bonchev–Trinajstić information content (AvgIpc) is 2.29. The highest BCUT2D eigenvalue weighted by molar-refractivity contribution is 5.78. The molecule has 1 aliphatic heterocycles. The van der Waals surface area contributed by atoms with Crippen LogP contribution in [0, 0.1) is 5.41 Å². The van der Waals surface area contributed by atoms with E-state index < -0.39 is 11.4 Å². The number of carboxylic acid groups (broad SMARTS) is 1. The lowest BCUT2D eigenvalue weighted by atomic mass is 9.82.